The minimum Gasteiger partial charge on any atom is -0.482 e. The molecule has 5 nitrogen and oxygen atoms in total. The van der Waals surface area contributed by atoms with E-state index in [0.29, 0.717) is 17.4 Å². The Morgan fingerprint density at radius 1 is 1.08 bits per heavy atom. The van der Waals surface area contributed by atoms with Crippen LogP contribution in [0.2, 0.25) is 0 Å². The minimum atomic E-state index is -0.589. The highest BCUT2D eigenvalue weighted by Crippen LogP contribution is 2.20. The zero-order valence-corrected chi connectivity index (χ0v) is 15.5. The van der Waals surface area contributed by atoms with Crippen LogP contribution in [-0.4, -0.2) is 25.1 Å². The Morgan fingerprint density at radius 3 is 2.46 bits per heavy atom. The van der Waals surface area contributed by atoms with E-state index < -0.39 is 5.97 Å². The van der Waals surface area contributed by atoms with Crippen molar-refractivity contribution in [2.45, 2.75) is 33.1 Å². The minimum absolute atomic E-state index is 0.236. The molecule has 0 aliphatic heterocycles. The lowest BCUT2D eigenvalue weighted by Gasteiger charge is -2.11. The lowest BCUT2D eigenvalue weighted by atomic mass is 9.99. The van der Waals surface area contributed by atoms with Gasteiger partial charge in [0.05, 0.1) is 0 Å². The van der Waals surface area contributed by atoms with Gasteiger partial charge in [-0.2, -0.15) is 0 Å². The predicted molar refractivity (Wildman–Crippen MR) is 101 cm³/mol. The van der Waals surface area contributed by atoms with Gasteiger partial charge in [0.25, 0.3) is 5.91 Å². The highest BCUT2D eigenvalue weighted by atomic mass is 16.6. The van der Waals surface area contributed by atoms with Crippen LogP contribution in [0.5, 0.6) is 5.75 Å². The number of rotatable bonds is 8. The molecule has 1 amide bonds. The Kier molecular flexibility index (Phi) is 7.21. The van der Waals surface area contributed by atoms with Crippen molar-refractivity contribution in [1.29, 1.82) is 0 Å². The van der Waals surface area contributed by atoms with Crippen molar-refractivity contribution in [1.82, 2.24) is 0 Å². The van der Waals surface area contributed by atoms with Gasteiger partial charge >= 0.3 is 5.97 Å². The molecule has 0 bridgehead atoms. The van der Waals surface area contributed by atoms with Crippen molar-refractivity contribution in [3.63, 3.8) is 0 Å². The van der Waals surface area contributed by atoms with Crippen LogP contribution in [0.15, 0.2) is 48.5 Å². The summed E-state index contributed by atoms with van der Waals surface area (Å²) < 4.78 is 10.3. The molecule has 0 unspecified atom stereocenters. The Balaban J connectivity index is 1.73. The van der Waals surface area contributed by atoms with Gasteiger partial charge in [0.15, 0.2) is 13.2 Å². The van der Waals surface area contributed by atoms with E-state index >= 15 is 0 Å². The summed E-state index contributed by atoms with van der Waals surface area (Å²) >= 11 is 0. The summed E-state index contributed by atoms with van der Waals surface area (Å²) in [6.07, 6.45) is 1.06. The monoisotopic (exact) mass is 355 g/mol. The third-order valence-corrected chi connectivity index (χ3v) is 4.09. The Morgan fingerprint density at radius 2 is 1.81 bits per heavy atom. The van der Waals surface area contributed by atoms with E-state index in [4.69, 9.17) is 9.47 Å². The second-order valence-electron chi connectivity index (χ2n) is 6.25. The summed E-state index contributed by atoms with van der Waals surface area (Å²) in [7, 11) is 0. The smallest absolute Gasteiger partial charge is 0.344 e. The summed E-state index contributed by atoms with van der Waals surface area (Å²) in [5.41, 5.74) is 2.94. The number of anilines is 1. The fraction of sp³-hybridized carbons (Fsp3) is 0.333. The lowest BCUT2D eigenvalue weighted by molar-refractivity contribution is -0.149. The molecule has 0 aromatic heterocycles. The molecule has 138 valence electrons. The third kappa shape index (κ3) is 6.24. The van der Waals surface area contributed by atoms with E-state index in [0.717, 1.165) is 12.0 Å². The van der Waals surface area contributed by atoms with Crippen LogP contribution in [0.3, 0.4) is 0 Å². The van der Waals surface area contributed by atoms with Crippen LogP contribution in [0.4, 0.5) is 5.69 Å². The Bertz CT molecular complexity index is 740. The molecule has 5 heteroatoms. The van der Waals surface area contributed by atoms with Crippen LogP contribution in [0.1, 0.15) is 37.3 Å². The van der Waals surface area contributed by atoms with E-state index in [1.165, 1.54) is 5.56 Å². The Labute approximate surface area is 154 Å². The highest BCUT2D eigenvalue weighted by molar-refractivity contribution is 5.92. The zero-order valence-electron chi connectivity index (χ0n) is 15.5. The number of amides is 1. The first-order chi connectivity index (χ1) is 12.5. The number of nitrogens with one attached hydrogen (secondary N) is 1. The van der Waals surface area contributed by atoms with Gasteiger partial charge in [-0.05, 0) is 54.7 Å². The van der Waals surface area contributed by atoms with Crippen LogP contribution in [-0.2, 0) is 14.3 Å². The average Bonchev–Trinajstić information content (AvgIpc) is 2.64. The number of hydrogen-bond acceptors (Lipinski definition) is 4. The summed E-state index contributed by atoms with van der Waals surface area (Å²) in [4.78, 5) is 23.6. The first-order valence-electron chi connectivity index (χ1n) is 8.73. The standard InChI is InChI=1S/C21H25NO4/c1-4-16(3)17-8-10-18(11-9-17)22-20(23)13-26-21(24)14-25-19-7-5-6-15(2)12-19/h5-12,16H,4,13-14H2,1-3H3,(H,22,23)/t16-/m1/s1. The summed E-state index contributed by atoms with van der Waals surface area (Å²) in [6.45, 7) is 5.65. The maximum Gasteiger partial charge on any atom is 0.344 e. The molecule has 0 aliphatic rings. The molecule has 0 aliphatic carbocycles. The molecule has 2 aromatic rings. The van der Waals surface area contributed by atoms with Crippen molar-refractivity contribution in [3.05, 3.63) is 59.7 Å². The molecular weight excluding hydrogens is 330 g/mol. The molecule has 0 radical (unpaired) electrons. The van der Waals surface area contributed by atoms with Gasteiger partial charge in [-0.1, -0.05) is 38.1 Å². The topological polar surface area (TPSA) is 64.6 Å². The van der Waals surface area contributed by atoms with Crippen LogP contribution >= 0.6 is 0 Å². The number of ether oxygens (including phenoxy) is 2. The van der Waals surface area contributed by atoms with Gasteiger partial charge in [0.2, 0.25) is 0 Å². The number of carbonyl (C=O) groups is 2. The van der Waals surface area contributed by atoms with E-state index in [2.05, 4.69) is 19.2 Å². The highest BCUT2D eigenvalue weighted by Gasteiger charge is 2.09. The second-order valence-corrected chi connectivity index (χ2v) is 6.25. The molecule has 1 N–H and O–H groups in total. The van der Waals surface area contributed by atoms with Gasteiger partial charge in [-0.15, -0.1) is 0 Å². The van der Waals surface area contributed by atoms with Gasteiger partial charge < -0.3 is 14.8 Å². The van der Waals surface area contributed by atoms with E-state index in [1.54, 1.807) is 6.07 Å². The molecule has 0 saturated carbocycles. The van der Waals surface area contributed by atoms with Gasteiger partial charge in [0.1, 0.15) is 5.75 Å². The average molecular weight is 355 g/mol. The molecule has 26 heavy (non-hydrogen) atoms. The van der Waals surface area contributed by atoms with Crippen molar-refractivity contribution < 1.29 is 19.1 Å². The Hall–Kier alpha value is -2.82. The van der Waals surface area contributed by atoms with Crippen LogP contribution < -0.4 is 10.1 Å². The number of hydrogen-bond donors (Lipinski definition) is 1. The maximum absolute atomic E-state index is 11.9. The third-order valence-electron chi connectivity index (χ3n) is 4.09. The molecule has 2 rings (SSSR count). The quantitative estimate of drug-likeness (QED) is 0.725. The number of aryl methyl sites for hydroxylation is 1. The number of carbonyl (C=O) groups excluding carboxylic acids is 2. The van der Waals surface area contributed by atoms with Crippen molar-refractivity contribution in [2.75, 3.05) is 18.5 Å². The number of esters is 1. The van der Waals surface area contributed by atoms with Crippen molar-refractivity contribution in [2.24, 2.45) is 0 Å². The second kappa shape index (κ2) is 9.61. The fourth-order valence-electron chi connectivity index (χ4n) is 2.36. The predicted octanol–water partition coefficient (Wildman–Crippen LogP) is 4.07. The molecule has 2 aromatic carbocycles. The molecule has 1 atom stereocenters. The first-order valence-corrected chi connectivity index (χ1v) is 8.73. The molecule has 0 spiro atoms. The molecule has 0 saturated heterocycles. The van der Waals surface area contributed by atoms with Crippen LogP contribution in [0.25, 0.3) is 0 Å². The van der Waals surface area contributed by atoms with E-state index in [9.17, 15) is 9.59 Å². The first kappa shape index (κ1) is 19.5. The molecule has 0 fully saturated rings. The van der Waals surface area contributed by atoms with E-state index in [1.807, 2.05) is 49.4 Å². The van der Waals surface area contributed by atoms with Gasteiger partial charge in [-0.25, -0.2) is 4.79 Å². The SMILES string of the molecule is CC[C@@H](C)c1ccc(NC(=O)COC(=O)COc2cccc(C)c2)cc1. The molecular formula is C21H25NO4. The largest absolute Gasteiger partial charge is 0.482 e. The summed E-state index contributed by atoms with van der Waals surface area (Å²) in [5, 5.41) is 2.71. The zero-order chi connectivity index (χ0) is 18.9. The van der Waals surface area contributed by atoms with Gasteiger partial charge in [0, 0.05) is 5.69 Å². The van der Waals surface area contributed by atoms with Crippen LogP contribution in [0, 0.1) is 6.92 Å². The molecule has 0 heterocycles. The lowest BCUT2D eigenvalue weighted by Crippen LogP contribution is -2.23. The summed E-state index contributed by atoms with van der Waals surface area (Å²) in [6, 6.07) is 15.0. The van der Waals surface area contributed by atoms with Crippen molar-refractivity contribution >= 4 is 17.6 Å². The maximum atomic E-state index is 11.9. The normalized spacial score (nSPS) is 11.5. The van der Waals surface area contributed by atoms with Gasteiger partial charge in [-0.3, -0.25) is 4.79 Å². The van der Waals surface area contributed by atoms with Crippen molar-refractivity contribution in [3.8, 4) is 5.75 Å². The fourth-order valence-corrected chi connectivity index (χ4v) is 2.36. The van der Waals surface area contributed by atoms with E-state index in [-0.39, 0.29) is 19.1 Å². The summed E-state index contributed by atoms with van der Waals surface area (Å²) in [5.74, 6) is 0.0980. The number of benzene rings is 2.